The molecule has 0 rings (SSSR count). The van der Waals surface area contributed by atoms with Crippen LogP contribution in [0.1, 0.15) is 335 Å². The van der Waals surface area contributed by atoms with Gasteiger partial charge in [-0.2, -0.15) is 0 Å². The molecule has 0 bridgehead atoms. The minimum Gasteiger partial charge on any atom is -0.387 e. The topological polar surface area (TPSA) is 105 Å². The van der Waals surface area contributed by atoms with E-state index >= 15 is 0 Å². The van der Waals surface area contributed by atoms with E-state index in [0.29, 0.717) is 17.4 Å². The van der Waals surface area contributed by atoms with Gasteiger partial charge < -0.3 is 19.8 Å². The molecule has 0 aliphatic carbocycles. The monoisotopic (exact) mass is 1200 g/mol. The fourth-order valence-electron chi connectivity index (χ4n) is 10.6. The van der Waals surface area contributed by atoms with Crippen LogP contribution in [0, 0.1) is 0 Å². The number of nitrogens with one attached hydrogen (secondary N) is 1. The van der Waals surface area contributed by atoms with Crippen LogP contribution in [0.4, 0.5) is 0 Å². The van der Waals surface area contributed by atoms with Gasteiger partial charge >= 0.3 is 7.82 Å². The molecule has 9 heteroatoms. The smallest absolute Gasteiger partial charge is 0.387 e. The van der Waals surface area contributed by atoms with E-state index in [-0.39, 0.29) is 19.1 Å². The molecule has 8 nitrogen and oxygen atoms in total. The van der Waals surface area contributed by atoms with E-state index in [1.165, 1.54) is 244 Å². The highest BCUT2D eigenvalue weighted by Gasteiger charge is 2.28. The van der Waals surface area contributed by atoms with E-state index in [1.807, 2.05) is 27.2 Å². The van der Waals surface area contributed by atoms with Gasteiger partial charge in [0.05, 0.1) is 39.9 Å². The number of carbonyl (C=O) groups excluding carboxylic acids is 1. The summed E-state index contributed by atoms with van der Waals surface area (Å²) in [6, 6.07) is -0.867. The van der Waals surface area contributed by atoms with Crippen molar-refractivity contribution >= 4 is 13.7 Å². The second-order valence-electron chi connectivity index (χ2n) is 25.6. The number of amides is 1. The number of allylic oxidation sites excluding steroid dienone is 13. The van der Waals surface area contributed by atoms with Crippen molar-refractivity contribution in [2.24, 2.45) is 0 Å². The molecule has 0 saturated carbocycles. The zero-order chi connectivity index (χ0) is 61.2. The summed E-state index contributed by atoms with van der Waals surface area (Å²) >= 11 is 0. The molecule has 0 aromatic carbocycles. The van der Waals surface area contributed by atoms with E-state index in [1.54, 1.807) is 6.08 Å². The zero-order valence-electron chi connectivity index (χ0n) is 56.1. The molecule has 84 heavy (non-hydrogen) atoms. The summed E-state index contributed by atoms with van der Waals surface area (Å²) in [4.78, 5) is 23.4. The summed E-state index contributed by atoms with van der Waals surface area (Å²) in [7, 11) is 1.56. The van der Waals surface area contributed by atoms with E-state index in [2.05, 4.69) is 92.1 Å². The quantitative estimate of drug-likeness (QED) is 0.0243. The highest BCUT2D eigenvalue weighted by molar-refractivity contribution is 7.47. The SMILES string of the molecule is CC/C=C\C/C=C\C/C=C\C/C=C\C/C=C\CCCCCCCCCCCCCCCCCCCCCCCC(=O)NC(COP(=O)(O)OCC[N+](C)(C)C)C(O)/C=C/CC/C=C/CCCCCCCCCCCCCCCCCCCCC. The van der Waals surface area contributed by atoms with Crippen LogP contribution in [-0.4, -0.2) is 73.4 Å². The highest BCUT2D eigenvalue weighted by atomic mass is 31.2. The molecule has 0 aliphatic rings. The van der Waals surface area contributed by atoms with Gasteiger partial charge in [-0.05, 0) is 77.0 Å². The Hall–Kier alpha value is -2.32. The number of phosphoric acid groups is 1. The van der Waals surface area contributed by atoms with Gasteiger partial charge in [-0.1, -0.05) is 336 Å². The van der Waals surface area contributed by atoms with Crippen LogP contribution in [0.15, 0.2) is 85.1 Å². The van der Waals surface area contributed by atoms with E-state index in [9.17, 15) is 19.4 Å². The first kappa shape index (κ1) is 81.7. The Morgan fingerprint density at radius 1 is 0.417 bits per heavy atom. The molecule has 0 fully saturated rings. The van der Waals surface area contributed by atoms with E-state index in [4.69, 9.17) is 9.05 Å². The van der Waals surface area contributed by atoms with Crippen molar-refractivity contribution < 1.29 is 32.9 Å². The number of aliphatic hydroxyl groups excluding tert-OH is 1. The lowest BCUT2D eigenvalue weighted by Crippen LogP contribution is -2.45. The summed E-state index contributed by atoms with van der Waals surface area (Å²) in [6.07, 6.45) is 93.2. The number of carbonyl (C=O) groups is 1. The predicted octanol–water partition coefficient (Wildman–Crippen LogP) is 23.1. The number of aliphatic hydroxyl groups is 1. The van der Waals surface area contributed by atoms with Crippen LogP contribution in [0.25, 0.3) is 0 Å². The lowest BCUT2D eigenvalue weighted by Gasteiger charge is -2.25. The molecule has 0 spiro atoms. The van der Waals surface area contributed by atoms with Gasteiger partial charge in [0, 0.05) is 6.42 Å². The number of hydrogen-bond donors (Lipinski definition) is 3. The Kier molecular flexibility index (Phi) is 63.3. The summed E-state index contributed by atoms with van der Waals surface area (Å²) in [6.45, 7) is 4.72. The van der Waals surface area contributed by atoms with Crippen LogP contribution in [0.3, 0.4) is 0 Å². The molecule has 3 atom stereocenters. The Bertz CT molecular complexity index is 1650. The maximum absolute atomic E-state index is 13.1. The van der Waals surface area contributed by atoms with Crippen molar-refractivity contribution in [2.75, 3.05) is 40.9 Å². The number of hydrogen-bond acceptors (Lipinski definition) is 5. The number of phosphoric ester groups is 1. The third kappa shape index (κ3) is 67.2. The molecule has 3 unspecified atom stereocenters. The molecule has 490 valence electrons. The number of nitrogens with zero attached hydrogens (tertiary/aromatic N) is 1. The standard InChI is InChI=1S/C75H139N2O6P/c1-6-8-10-12-14-16-18-20-22-24-26-28-30-32-33-34-35-36-37-38-39-40-41-42-43-45-47-49-51-53-55-57-59-61-63-65-67-69-75(79)76-73(72-83-84(80,81)82-71-70-77(3,4)5)74(78)68-66-64-62-60-58-56-54-52-50-48-46-44-31-29-27-25-23-21-19-17-15-13-11-9-7-2/h8,10,14,16,20,22,26,28,32-33,58,60,66,68,73-74,78H,6-7,9,11-13,15,17-19,21,23-25,27,29-31,34-57,59,61-65,67,69-72H2,1-5H3,(H-,76,79,80,81)/p+1/b10-8-,16-14-,22-20-,28-26-,33-32-,60-58+,68-66+. The molecule has 1 amide bonds. The molecular weight excluding hydrogens is 1060 g/mol. The van der Waals surface area contributed by atoms with Crippen LogP contribution < -0.4 is 5.32 Å². The molecule has 0 aromatic heterocycles. The van der Waals surface area contributed by atoms with Gasteiger partial charge in [0.25, 0.3) is 0 Å². The summed E-state index contributed by atoms with van der Waals surface area (Å²) in [5.41, 5.74) is 0. The Balaban J connectivity index is 4.03. The van der Waals surface area contributed by atoms with Crippen LogP contribution in [-0.2, 0) is 18.4 Å². The molecule has 0 heterocycles. The maximum atomic E-state index is 13.1. The first-order valence-electron chi connectivity index (χ1n) is 36.0. The highest BCUT2D eigenvalue weighted by Crippen LogP contribution is 2.43. The zero-order valence-corrected chi connectivity index (χ0v) is 57.0. The van der Waals surface area contributed by atoms with Crippen molar-refractivity contribution in [1.82, 2.24) is 5.32 Å². The van der Waals surface area contributed by atoms with Gasteiger partial charge in [0.1, 0.15) is 13.2 Å². The number of rotatable bonds is 66. The summed E-state index contributed by atoms with van der Waals surface area (Å²) in [5, 5.41) is 14.0. The van der Waals surface area contributed by atoms with Gasteiger partial charge in [0.2, 0.25) is 5.91 Å². The second-order valence-corrected chi connectivity index (χ2v) is 27.0. The van der Waals surface area contributed by atoms with Gasteiger partial charge in [-0.15, -0.1) is 0 Å². The summed E-state index contributed by atoms with van der Waals surface area (Å²) < 4.78 is 23.8. The molecule has 0 aromatic rings. The molecule has 0 radical (unpaired) electrons. The van der Waals surface area contributed by atoms with Crippen LogP contribution >= 0.6 is 7.82 Å². The average Bonchev–Trinajstić information content (AvgIpc) is 3.56. The largest absolute Gasteiger partial charge is 0.472 e. The van der Waals surface area contributed by atoms with Crippen molar-refractivity contribution in [3.8, 4) is 0 Å². The minimum absolute atomic E-state index is 0.0556. The third-order valence-electron chi connectivity index (χ3n) is 16.1. The van der Waals surface area contributed by atoms with Crippen molar-refractivity contribution in [3.05, 3.63) is 85.1 Å². The molecule has 0 aliphatic heterocycles. The molecular formula is C75H140N2O6P+. The Labute approximate surface area is 522 Å². The van der Waals surface area contributed by atoms with Gasteiger partial charge in [-0.25, -0.2) is 4.57 Å². The molecule has 3 N–H and O–H groups in total. The first-order chi connectivity index (χ1) is 41.0. The fraction of sp³-hybridized carbons (Fsp3) is 0.800. The molecule has 0 saturated heterocycles. The van der Waals surface area contributed by atoms with Crippen molar-refractivity contribution in [1.29, 1.82) is 0 Å². The van der Waals surface area contributed by atoms with Gasteiger partial charge in [0.15, 0.2) is 0 Å². The lowest BCUT2D eigenvalue weighted by atomic mass is 10.0. The second kappa shape index (κ2) is 65.1. The number of unbranched alkanes of at least 4 members (excludes halogenated alkanes) is 41. The Morgan fingerprint density at radius 3 is 1.10 bits per heavy atom. The van der Waals surface area contributed by atoms with E-state index < -0.39 is 20.0 Å². The van der Waals surface area contributed by atoms with Crippen LogP contribution in [0.5, 0.6) is 0 Å². The normalized spacial score (nSPS) is 14.1. The minimum atomic E-state index is -4.36. The van der Waals surface area contributed by atoms with E-state index in [0.717, 1.165) is 70.6 Å². The summed E-state index contributed by atoms with van der Waals surface area (Å²) in [5.74, 6) is -0.182. The van der Waals surface area contributed by atoms with Gasteiger partial charge in [-0.3, -0.25) is 13.8 Å². The predicted molar refractivity (Wildman–Crippen MR) is 369 cm³/mol. The van der Waals surface area contributed by atoms with Crippen LogP contribution in [0.2, 0.25) is 0 Å². The van der Waals surface area contributed by atoms with Crippen molar-refractivity contribution in [2.45, 2.75) is 347 Å². The Morgan fingerprint density at radius 2 is 0.726 bits per heavy atom. The average molecular weight is 1200 g/mol. The van der Waals surface area contributed by atoms with Crippen molar-refractivity contribution in [3.63, 3.8) is 0 Å². The maximum Gasteiger partial charge on any atom is 0.472 e. The third-order valence-corrected chi connectivity index (χ3v) is 17.1. The number of quaternary nitrogens is 1. The number of likely N-dealkylation sites (N-methyl/N-ethyl adjacent to an activating group) is 1. The first-order valence-corrected chi connectivity index (χ1v) is 37.5. The lowest BCUT2D eigenvalue weighted by molar-refractivity contribution is -0.870. The fourth-order valence-corrected chi connectivity index (χ4v) is 11.3.